The van der Waals surface area contributed by atoms with E-state index in [2.05, 4.69) is 41.4 Å². The molecule has 2 aromatic carbocycles. The van der Waals surface area contributed by atoms with Crippen LogP contribution < -0.4 is 0 Å². The average Bonchev–Trinajstić information content (AvgIpc) is 2.49. The maximum absolute atomic E-state index is 4.44. The van der Waals surface area contributed by atoms with Gasteiger partial charge in [0.2, 0.25) is 0 Å². The number of nitrogens with zero attached hydrogens (tertiary/aromatic N) is 2. The third-order valence-corrected chi connectivity index (χ3v) is 2.93. The van der Waals surface area contributed by atoms with E-state index >= 15 is 0 Å². The van der Waals surface area contributed by atoms with E-state index in [4.69, 9.17) is 0 Å². The van der Waals surface area contributed by atoms with Crippen molar-refractivity contribution in [2.75, 3.05) is 0 Å². The molecule has 0 N–H and O–H groups in total. The van der Waals surface area contributed by atoms with E-state index in [1.165, 1.54) is 0 Å². The normalized spacial score (nSPS) is 11.2. The van der Waals surface area contributed by atoms with Gasteiger partial charge < -0.3 is 0 Å². The Labute approximate surface area is 114 Å². The van der Waals surface area contributed by atoms with Crippen LogP contribution in [0.3, 0.4) is 0 Å². The summed E-state index contributed by atoms with van der Waals surface area (Å²) in [5, 5.41) is 8.74. The van der Waals surface area contributed by atoms with Crippen LogP contribution >= 0.6 is 0 Å². The monoisotopic (exact) mass is 250 g/mol. The predicted molar refractivity (Wildman–Crippen MR) is 81.9 cm³/mol. The molecule has 0 fully saturated rings. The van der Waals surface area contributed by atoms with Gasteiger partial charge in [0, 0.05) is 16.8 Å². The van der Waals surface area contributed by atoms with Crippen molar-refractivity contribution in [3.05, 3.63) is 71.8 Å². The van der Waals surface area contributed by atoms with Crippen LogP contribution in [0.4, 0.5) is 0 Å². The molecule has 2 nitrogen and oxygen atoms in total. The van der Waals surface area contributed by atoms with Crippen molar-refractivity contribution in [3.63, 3.8) is 0 Å². The summed E-state index contributed by atoms with van der Waals surface area (Å²) >= 11 is 0. The molecule has 0 saturated heterocycles. The largest absolute Gasteiger partial charge is 0.160 e. The molecule has 0 radical (unpaired) electrons. The summed E-state index contributed by atoms with van der Waals surface area (Å²) in [5.41, 5.74) is 4.11. The fraction of sp³-hybridized carbons (Fsp3) is 0.176. The molecule has 0 amide bonds. The van der Waals surface area contributed by atoms with Gasteiger partial charge in [0.1, 0.15) is 5.71 Å². The summed E-state index contributed by atoms with van der Waals surface area (Å²) in [6, 6.07) is 20.3. The molecule has 0 aliphatic heterocycles. The highest BCUT2D eigenvalue weighted by Crippen LogP contribution is 2.11. The zero-order chi connectivity index (χ0) is 13.5. The Morgan fingerprint density at radius 1 is 0.789 bits per heavy atom. The van der Waals surface area contributed by atoms with Crippen molar-refractivity contribution in [2.24, 2.45) is 10.2 Å². The summed E-state index contributed by atoms with van der Waals surface area (Å²) in [7, 11) is 0. The van der Waals surface area contributed by atoms with E-state index in [0.717, 1.165) is 29.0 Å². The molecule has 2 rings (SSSR count). The molecule has 0 spiro atoms. The van der Waals surface area contributed by atoms with Crippen molar-refractivity contribution in [1.29, 1.82) is 0 Å². The van der Waals surface area contributed by atoms with Gasteiger partial charge >= 0.3 is 0 Å². The summed E-state index contributed by atoms with van der Waals surface area (Å²) in [5.74, 6) is 0. The Hall–Kier alpha value is -2.22. The topological polar surface area (TPSA) is 24.7 Å². The van der Waals surface area contributed by atoms with Gasteiger partial charge in [0.05, 0.1) is 0 Å². The maximum Gasteiger partial charge on any atom is 0.100 e. The molecule has 0 aliphatic rings. The van der Waals surface area contributed by atoms with Crippen LogP contribution in [0.25, 0.3) is 0 Å². The van der Waals surface area contributed by atoms with Crippen molar-refractivity contribution in [1.82, 2.24) is 0 Å². The molecule has 2 heteroatoms. The second-order valence-electron chi connectivity index (χ2n) is 4.37. The first-order valence-electron chi connectivity index (χ1n) is 6.53. The zero-order valence-corrected chi connectivity index (χ0v) is 11.4. The molecule has 96 valence electrons. The van der Waals surface area contributed by atoms with Crippen molar-refractivity contribution in [3.8, 4) is 0 Å². The minimum Gasteiger partial charge on any atom is -0.160 e. The molecule has 0 bridgehead atoms. The summed E-state index contributed by atoms with van der Waals surface area (Å²) in [6.45, 7) is 4.08. The molecule has 19 heavy (non-hydrogen) atoms. The lowest BCUT2D eigenvalue weighted by Crippen LogP contribution is -2.02. The van der Waals surface area contributed by atoms with E-state index in [-0.39, 0.29) is 0 Å². The van der Waals surface area contributed by atoms with Crippen LogP contribution in [-0.2, 0) is 0 Å². The third kappa shape index (κ3) is 3.62. The molecule has 0 aromatic heterocycles. The fourth-order valence-corrected chi connectivity index (χ4v) is 1.68. The standard InChI is InChI=1S/C17H18N2/c1-3-14(2)18-19-17(15-10-6-4-7-11-15)16-12-8-5-9-13-16/h4-13H,3H2,1-2H3/b18-14+. The van der Waals surface area contributed by atoms with Crippen molar-refractivity contribution in [2.45, 2.75) is 20.3 Å². The molecule has 0 saturated carbocycles. The molecule has 0 unspecified atom stereocenters. The van der Waals surface area contributed by atoms with Crippen LogP contribution in [0.1, 0.15) is 31.4 Å². The van der Waals surface area contributed by atoms with Crippen molar-refractivity contribution < 1.29 is 0 Å². The number of hydrogen-bond acceptors (Lipinski definition) is 2. The molecular formula is C17H18N2. The van der Waals surface area contributed by atoms with Gasteiger partial charge in [-0.25, -0.2) is 0 Å². The second kappa shape index (κ2) is 6.64. The third-order valence-electron chi connectivity index (χ3n) is 2.93. The maximum atomic E-state index is 4.44. The lowest BCUT2D eigenvalue weighted by molar-refractivity contribution is 1.16. The number of hydrogen-bond donors (Lipinski definition) is 0. The van der Waals surface area contributed by atoms with Gasteiger partial charge in [-0.3, -0.25) is 0 Å². The summed E-state index contributed by atoms with van der Waals surface area (Å²) in [4.78, 5) is 0. The van der Waals surface area contributed by atoms with E-state index in [0.29, 0.717) is 0 Å². The number of rotatable bonds is 4. The van der Waals surface area contributed by atoms with E-state index < -0.39 is 0 Å². The Kier molecular flexibility index (Phi) is 4.62. The van der Waals surface area contributed by atoms with Gasteiger partial charge in [-0.2, -0.15) is 5.10 Å². The molecule has 0 atom stereocenters. The first-order valence-corrected chi connectivity index (χ1v) is 6.53. The lowest BCUT2D eigenvalue weighted by Gasteiger charge is -2.05. The van der Waals surface area contributed by atoms with Crippen LogP contribution in [0.2, 0.25) is 0 Å². The molecule has 0 heterocycles. The molecular weight excluding hydrogens is 232 g/mol. The highest BCUT2D eigenvalue weighted by molar-refractivity contribution is 6.13. The van der Waals surface area contributed by atoms with Gasteiger partial charge in [0.15, 0.2) is 0 Å². The predicted octanol–water partition coefficient (Wildman–Crippen LogP) is 4.31. The van der Waals surface area contributed by atoms with E-state index in [1.54, 1.807) is 0 Å². The zero-order valence-electron chi connectivity index (χ0n) is 11.4. The first kappa shape index (κ1) is 13.2. The van der Waals surface area contributed by atoms with Crippen LogP contribution in [0.5, 0.6) is 0 Å². The summed E-state index contributed by atoms with van der Waals surface area (Å²) < 4.78 is 0. The average molecular weight is 250 g/mol. The Bertz CT molecular complexity index is 527. The van der Waals surface area contributed by atoms with Crippen LogP contribution in [0, 0.1) is 0 Å². The van der Waals surface area contributed by atoms with Crippen LogP contribution in [0.15, 0.2) is 70.9 Å². The van der Waals surface area contributed by atoms with Gasteiger partial charge in [-0.05, 0) is 13.3 Å². The summed E-state index contributed by atoms with van der Waals surface area (Å²) in [6.07, 6.45) is 0.917. The highest BCUT2D eigenvalue weighted by Gasteiger charge is 2.05. The number of benzene rings is 2. The van der Waals surface area contributed by atoms with Gasteiger partial charge in [-0.15, -0.1) is 5.10 Å². The molecule has 0 aliphatic carbocycles. The second-order valence-corrected chi connectivity index (χ2v) is 4.37. The lowest BCUT2D eigenvalue weighted by atomic mass is 10.0. The van der Waals surface area contributed by atoms with Gasteiger partial charge in [-0.1, -0.05) is 67.6 Å². The minimum atomic E-state index is 0.911. The highest BCUT2D eigenvalue weighted by atomic mass is 15.2. The Balaban J connectivity index is 2.46. The van der Waals surface area contributed by atoms with Gasteiger partial charge in [0.25, 0.3) is 0 Å². The Morgan fingerprint density at radius 2 is 1.26 bits per heavy atom. The fourth-order valence-electron chi connectivity index (χ4n) is 1.68. The van der Waals surface area contributed by atoms with Crippen molar-refractivity contribution >= 4 is 11.4 Å². The molecule has 2 aromatic rings. The van der Waals surface area contributed by atoms with E-state index in [1.807, 2.05) is 43.3 Å². The SMILES string of the molecule is CC/C(C)=N/N=C(c1ccccc1)c1ccccc1. The van der Waals surface area contributed by atoms with E-state index in [9.17, 15) is 0 Å². The van der Waals surface area contributed by atoms with Crippen LogP contribution in [-0.4, -0.2) is 11.4 Å². The quantitative estimate of drug-likeness (QED) is 0.570. The Morgan fingerprint density at radius 3 is 1.68 bits per heavy atom. The smallest absolute Gasteiger partial charge is 0.100 e. The first-order chi connectivity index (χ1) is 9.31. The minimum absolute atomic E-state index is 0.911.